The normalized spacial score (nSPS) is 21.4. The number of rotatable bonds is 3. The van der Waals surface area contributed by atoms with Gasteiger partial charge in [0, 0.05) is 0 Å². The maximum atomic E-state index is 12.5. The SMILES string of the molecule is CC1(C2CCCC2)Cc2cc(OC(=O)c3cccc(C#N)c3)c(Cl)c(Cl)c2C1. The molecule has 1 atom stereocenters. The van der Waals surface area contributed by atoms with Gasteiger partial charge in [0.15, 0.2) is 5.75 Å². The zero-order valence-corrected chi connectivity index (χ0v) is 17.2. The van der Waals surface area contributed by atoms with Crippen LogP contribution in [-0.2, 0) is 12.8 Å². The quantitative estimate of drug-likeness (QED) is 0.433. The number of nitriles is 1. The van der Waals surface area contributed by atoms with E-state index < -0.39 is 5.97 Å². The van der Waals surface area contributed by atoms with E-state index in [9.17, 15) is 4.79 Å². The average Bonchev–Trinajstić information content (AvgIpc) is 3.35. The van der Waals surface area contributed by atoms with Crippen molar-refractivity contribution in [1.29, 1.82) is 5.26 Å². The molecule has 1 unspecified atom stereocenters. The number of carbonyl (C=O) groups excluding carboxylic acids is 1. The number of carbonyl (C=O) groups is 1. The third-order valence-electron chi connectivity index (χ3n) is 6.31. The maximum Gasteiger partial charge on any atom is 0.343 e. The van der Waals surface area contributed by atoms with Gasteiger partial charge in [-0.2, -0.15) is 5.26 Å². The summed E-state index contributed by atoms with van der Waals surface area (Å²) in [5, 5.41) is 9.79. The summed E-state index contributed by atoms with van der Waals surface area (Å²) < 4.78 is 5.57. The molecule has 0 heterocycles. The van der Waals surface area contributed by atoms with Crippen LogP contribution in [0, 0.1) is 22.7 Å². The van der Waals surface area contributed by atoms with Crippen molar-refractivity contribution < 1.29 is 9.53 Å². The highest BCUT2D eigenvalue weighted by Crippen LogP contribution is 2.52. The number of halogens is 2. The standard InChI is InChI=1S/C23H21Cl2NO2/c1-23(17-7-2-3-8-17)11-16-10-19(21(25)20(24)18(16)12-23)28-22(27)15-6-4-5-14(9-15)13-26/h4-6,9-10,17H,2-3,7-8,11-12H2,1H3. The predicted octanol–water partition coefficient (Wildman–Crippen LogP) is 6.38. The molecule has 2 aliphatic carbocycles. The topological polar surface area (TPSA) is 50.1 Å². The van der Waals surface area contributed by atoms with Gasteiger partial charge in [0.2, 0.25) is 0 Å². The van der Waals surface area contributed by atoms with Crippen molar-refractivity contribution in [1.82, 2.24) is 0 Å². The minimum atomic E-state index is -0.549. The van der Waals surface area contributed by atoms with Crippen LogP contribution in [0.1, 0.15) is 59.7 Å². The number of benzene rings is 2. The van der Waals surface area contributed by atoms with Crippen LogP contribution in [-0.4, -0.2) is 5.97 Å². The molecule has 2 aromatic rings. The molecule has 0 radical (unpaired) electrons. The predicted molar refractivity (Wildman–Crippen MR) is 110 cm³/mol. The molecule has 1 saturated carbocycles. The number of nitrogens with zero attached hydrogens (tertiary/aromatic N) is 1. The molecule has 2 aromatic carbocycles. The number of esters is 1. The summed E-state index contributed by atoms with van der Waals surface area (Å²) in [4.78, 5) is 12.5. The molecule has 28 heavy (non-hydrogen) atoms. The van der Waals surface area contributed by atoms with Crippen molar-refractivity contribution in [2.75, 3.05) is 0 Å². The molecule has 1 fully saturated rings. The molecule has 0 bridgehead atoms. The largest absolute Gasteiger partial charge is 0.421 e. The fourth-order valence-electron chi connectivity index (χ4n) is 4.80. The minimum absolute atomic E-state index is 0.190. The maximum absolute atomic E-state index is 12.5. The Morgan fingerprint density at radius 2 is 1.93 bits per heavy atom. The Labute approximate surface area is 175 Å². The fourth-order valence-corrected chi connectivity index (χ4v) is 5.29. The lowest BCUT2D eigenvalue weighted by Crippen LogP contribution is -2.26. The van der Waals surface area contributed by atoms with Gasteiger partial charge in [-0.05, 0) is 72.4 Å². The van der Waals surface area contributed by atoms with E-state index in [4.69, 9.17) is 33.2 Å². The van der Waals surface area contributed by atoms with E-state index in [1.165, 1.54) is 31.7 Å². The highest BCUT2D eigenvalue weighted by molar-refractivity contribution is 6.43. The Bertz CT molecular complexity index is 989. The first-order valence-corrected chi connectivity index (χ1v) is 10.4. The monoisotopic (exact) mass is 413 g/mol. The summed E-state index contributed by atoms with van der Waals surface area (Å²) in [6.07, 6.45) is 6.99. The Kier molecular flexibility index (Phi) is 5.12. The smallest absolute Gasteiger partial charge is 0.343 e. The van der Waals surface area contributed by atoms with Gasteiger partial charge in [-0.15, -0.1) is 0 Å². The molecular weight excluding hydrogens is 393 g/mol. The zero-order valence-electron chi connectivity index (χ0n) is 15.7. The van der Waals surface area contributed by atoms with Gasteiger partial charge in [0.05, 0.1) is 22.2 Å². The molecule has 0 amide bonds. The molecule has 0 spiro atoms. The van der Waals surface area contributed by atoms with Crippen molar-refractivity contribution in [2.24, 2.45) is 11.3 Å². The fraction of sp³-hybridized carbons (Fsp3) is 0.391. The number of fused-ring (bicyclic) bond motifs is 1. The zero-order chi connectivity index (χ0) is 19.9. The second-order valence-corrected chi connectivity index (χ2v) is 8.97. The van der Waals surface area contributed by atoms with Gasteiger partial charge in [0.25, 0.3) is 0 Å². The van der Waals surface area contributed by atoms with Crippen molar-refractivity contribution in [3.05, 3.63) is 62.6 Å². The lowest BCUT2D eigenvalue weighted by molar-refractivity contribution is 0.0734. The Balaban J connectivity index is 1.61. The Morgan fingerprint density at radius 3 is 2.64 bits per heavy atom. The molecule has 2 aliphatic rings. The van der Waals surface area contributed by atoms with E-state index in [0.29, 0.717) is 22.1 Å². The van der Waals surface area contributed by atoms with Crippen LogP contribution in [0.2, 0.25) is 10.0 Å². The summed E-state index contributed by atoms with van der Waals surface area (Å²) in [6, 6.07) is 10.3. The number of hydrogen-bond donors (Lipinski definition) is 0. The first kappa shape index (κ1) is 19.3. The van der Waals surface area contributed by atoms with E-state index in [1.807, 2.05) is 12.1 Å². The minimum Gasteiger partial charge on any atom is -0.421 e. The van der Waals surface area contributed by atoms with E-state index in [2.05, 4.69) is 6.92 Å². The average molecular weight is 414 g/mol. The van der Waals surface area contributed by atoms with Crippen molar-refractivity contribution >= 4 is 29.2 Å². The first-order valence-electron chi connectivity index (χ1n) is 9.63. The Hall–Kier alpha value is -2.02. The Morgan fingerprint density at radius 1 is 1.18 bits per heavy atom. The molecule has 144 valence electrons. The van der Waals surface area contributed by atoms with Gasteiger partial charge in [-0.25, -0.2) is 4.79 Å². The molecule has 0 aliphatic heterocycles. The second-order valence-electron chi connectivity index (χ2n) is 8.21. The second kappa shape index (κ2) is 7.43. The molecular formula is C23H21Cl2NO2. The first-order chi connectivity index (χ1) is 13.4. The number of hydrogen-bond acceptors (Lipinski definition) is 3. The summed E-state index contributed by atoms with van der Waals surface area (Å²) >= 11 is 13.0. The van der Waals surface area contributed by atoms with Gasteiger partial charge in [0.1, 0.15) is 5.02 Å². The van der Waals surface area contributed by atoms with E-state index >= 15 is 0 Å². The summed E-state index contributed by atoms with van der Waals surface area (Å²) in [7, 11) is 0. The van der Waals surface area contributed by atoms with Crippen LogP contribution in [0.3, 0.4) is 0 Å². The van der Waals surface area contributed by atoms with E-state index in [-0.39, 0.29) is 16.2 Å². The lowest BCUT2D eigenvalue weighted by atomic mass is 9.74. The molecule has 4 rings (SSSR count). The lowest BCUT2D eigenvalue weighted by Gasteiger charge is -2.31. The van der Waals surface area contributed by atoms with Gasteiger partial charge in [-0.1, -0.05) is 49.0 Å². The van der Waals surface area contributed by atoms with Crippen LogP contribution in [0.4, 0.5) is 0 Å². The van der Waals surface area contributed by atoms with E-state index in [1.54, 1.807) is 18.2 Å². The number of ether oxygens (including phenoxy) is 1. The third-order valence-corrected chi connectivity index (χ3v) is 7.20. The van der Waals surface area contributed by atoms with Crippen LogP contribution >= 0.6 is 23.2 Å². The van der Waals surface area contributed by atoms with Crippen molar-refractivity contribution in [3.8, 4) is 11.8 Å². The third kappa shape index (κ3) is 3.41. The van der Waals surface area contributed by atoms with Crippen LogP contribution in [0.25, 0.3) is 0 Å². The highest BCUT2D eigenvalue weighted by Gasteiger charge is 2.42. The molecule has 0 aromatic heterocycles. The summed E-state index contributed by atoms with van der Waals surface area (Å²) in [5.74, 6) is 0.439. The van der Waals surface area contributed by atoms with Crippen LogP contribution < -0.4 is 4.74 Å². The molecule has 5 heteroatoms. The van der Waals surface area contributed by atoms with E-state index in [0.717, 1.165) is 24.0 Å². The molecule has 0 saturated heterocycles. The van der Waals surface area contributed by atoms with Gasteiger partial charge < -0.3 is 4.74 Å². The molecule has 0 N–H and O–H groups in total. The van der Waals surface area contributed by atoms with Gasteiger partial charge >= 0.3 is 5.97 Å². The summed E-state index contributed by atoms with van der Waals surface area (Å²) in [6.45, 7) is 2.34. The van der Waals surface area contributed by atoms with Crippen molar-refractivity contribution in [3.63, 3.8) is 0 Å². The van der Waals surface area contributed by atoms with Crippen LogP contribution in [0.5, 0.6) is 5.75 Å². The van der Waals surface area contributed by atoms with Crippen molar-refractivity contribution in [2.45, 2.75) is 45.4 Å². The van der Waals surface area contributed by atoms with Gasteiger partial charge in [-0.3, -0.25) is 0 Å². The van der Waals surface area contributed by atoms with Crippen LogP contribution in [0.15, 0.2) is 30.3 Å². The highest BCUT2D eigenvalue weighted by atomic mass is 35.5. The molecule has 3 nitrogen and oxygen atoms in total. The summed E-state index contributed by atoms with van der Waals surface area (Å²) in [5.41, 5.74) is 3.11.